The van der Waals surface area contributed by atoms with Crippen LogP contribution in [0.4, 0.5) is 4.79 Å². The van der Waals surface area contributed by atoms with Gasteiger partial charge in [-0.1, -0.05) is 25.5 Å². The molecule has 1 amide bonds. The molecule has 0 aliphatic heterocycles. The maximum Gasteiger partial charge on any atom is 0.408 e. The third-order valence-corrected chi connectivity index (χ3v) is 4.97. The van der Waals surface area contributed by atoms with E-state index in [9.17, 15) is 24.0 Å². The Kier molecular flexibility index (Phi) is 12.1. The second kappa shape index (κ2) is 15.2. The average molecular weight is 574 g/mol. The number of amides is 1. The molecular weight excluding hydrogens is 538 g/mol. The molecule has 1 unspecified atom stereocenters. The first-order chi connectivity index (χ1) is 19.3. The molecule has 0 saturated heterocycles. The van der Waals surface area contributed by atoms with Crippen LogP contribution in [-0.4, -0.2) is 55.0 Å². The fourth-order valence-electron chi connectivity index (χ4n) is 3.08. The molecule has 0 fully saturated rings. The second-order valence-corrected chi connectivity index (χ2v) is 9.72. The van der Waals surface area contributed by atoms with Gasteiger partial charge in [0, 0.05) is 6.92 Å². The van der Waals surface area contributed by atoms with E-state index in [1.165, 1.54) is 44.2 Å². The summed E-state index contributed by atoms with van der Waals surface area (Å²) in [4.78, 5) is 61.1. The molecule has 0 saturated carbocycles. The molecule has 2 aromatic carbocycles. The minimum absolute atomic E-state index is 0.00293. The highest BCUT2D eigenvalue weighted by atomic mass is 16.7. The van der Waals surface area contributed by atoms with Gasteiger partial charge in [0.25, 0.3) is 0 Å². The molecule has 0 aliphatic rings. The molecule has 0 aliphatic carbocycles. The van der Waals surface area contributed by atoms with Gasteiger partial charge in [0.05, 0.1) is 12.2 Å². The van der Waals surface area contributed by atoms with Crippen LogP contribution in [0.3, 0.4) is 0 Å². The highest BCUT2D eigenvalue weighted by molar-refractivity contribution is 5.94. The lowest BCUT2D eigenvalue weighted by Gasteiger charge is -2.21. The number of hydrogen-bond donors (Lipinski definition) is 1. The summed E-state index contributed by atoms with van der Waals surface area (Å²) in [5, 5.41) is 2.39. The second-order valence-electron chi connectivity index (χ2n) is 9.72. The first kappa shape index (κ1) is 32.6. The van der Waals surface area contributed by atoms with Crippen molar-refractivity contribution in [2.75, 3.05) is 13.4 Å². The van der Waals surface area contributed by atoms with Crippen LogP contribution in [0, 0.1) is 0 Å². The van der Waals surface area contributed by atoms with E-state index in [2.05, 4.69) is 5.32 Å². The highest BCUT2D eigenvalue weighted by Crippen LogP contribution is 2.30. The van der Waals surface area contributed by atoms with E-state index >= 15 is 0 Å². The Morgan fingerprint density at radius 2 is 1.56 bits per heavy atom. The Bertz CT molecular complexity index is 1250. The van der Waals surface area contributed by atoms with Crippen molar-refractivity contribution < 1.29 is 52.4 Å². The molecule has 0 heterocycles. The fourth-order valence-corrected chi connectivity index (χ4v) is 3.08. The Hall–Kier alpha value is -4.61. The van der Waals surface area contributed by atoms with Crippen molar-refractivity contribution in [1.29, 1.82) is 0 Å². The first-order valence-electron chi connectivity index (χ1n) is 12.9. The molecule has 41 heavy (non-hydrogen) atoms. The number of benzene rings is 2. The normalized spacial score (nSPS) is 11.5. The van der Waals surface area contributed by atoms with Gasteiger partial charge >= 0.3 is 30.0 Å². The topological polar surface area (TPSA) is 153 Å². The summed E-state index contributed by atoms with van der Waals surface area (Å²) in [7, 11) is 0. The first-order valence-corrected chi connectivity index (χ1v) is 12.9. The molecule has 1 atom stereocenters. The molecular formula is C29H35NO11. The number of alkyl carbamates (subject to hydrolysis) is 1. The predicted molar refractivity (Wildman–Crippen MR) is 145 cm³/mol. The smallest absolute Gasteiger partial charge is 0.408 e. The molecule has 12 heteroatoms. The van der Waals surface area contributed by atoms with E-state index in [0.717, 1.165) is 12.8 Å². The van der Waals surface area contributed by atoms with Crippen molar-refractivity contribution in [2.45, 2.75) is 66.0 Å². The van der Waals surface area contributed by atoms with E-state index in [1.54, 1.807) is 32.9 Å². The predicted octanol–water partition coefficient (Wildman–Crippen LogP) is 4.58. The summed E-state index contributed by atoms with van der Waals surface area (Å²) >= 11 is 0. The van der Waals surface area contributed by atoms with Gasteiger partial charge in [-0.15, -0.1) is 0 Å². The maximum absolute atomic E-state index is 12.7. The minimum Gasteiger partial charge on any atom is -0.490 e. The van der Waals surface area contributed by atoms with Gasteiger partial charge in [0.2, 0.25) is 6.79 Å². The van der Waals surface area contributed by atoms with Gasteiger partial charge in [-0.3, -0.25) is 4.79 Å². The molecule has 222 valence electrons. The van der Waals surface area contributed by atoms with E-state index in [0.29, 0.717) is 6.61 Å². The van der Waals surface area contributed by atoms with E-state index < -0.39 is 48.4 Å². The molecule has 12 nitrogen and oxygen atoms in total. The van der Waals surface area contributed by atoms with E-state index in [4.69, 9.17) is 28.4 Å². The quantitative estimate of drug-likeness (QED) is 0.164. The van der Waals surface area contributed by atoms with Crippen molar-refractivity contribution in [3.63, 3.8) is 0 Å². The zero-order valence-electron chi connectivity index (χ0n) is 23.9. The number of hydrogen-bond acceptors (Lipinski definition) is 11. The minimum atomic E-state index is -1.08. The molecule has 0 radical (unpaired) electrons. The van der Waals surface area contributed by atoms with Gasteiger partial charge in [-0.05, 0) is 64.4 Å². The van der Waals surface area contributed by atoms with Crippen LogP contribution in [0.5, 0.6) is 17.2 Å². The maximum atomic E-state index is 12.7. The van der Waals surface area contributed by atoms with Crippen LogP contribution in [0.1, 0.15) is 75.1 Å². The van der Waals surface area contributed by atoms with Gasteiger partial charge in [0.15, 0.2) is 11.5 Å². The van der Waals surface area contributed by atoms with Crippen molar-refractivity contribution in [3.8, 4) is 17.2 Å². The Morgan fingerprint density at radius 3 is 2.22 bits per heavy atom. The lowest BCUT2D eigenvalue weighted by molar-refractivity contribution is -0.136. The Balaban J connectivity index is 2.09. The lowest BCUT2D eigenvalue weighted by Crippen LogP contribution is -2.43. The lowest BCUT2D eigenvalue weighted by atomic mass is 10.2. The SMILES string of the molecule is CCCCOc1ccc(C(=O)OCOC(=O)c2ccccc2OC(C)=O)cc1OC(=O)C(C)NC(=O)OC(C)(C)C. The number of unbranched alkanes of at least 4 members (excludes halogenated alkanes) is 1. The number of esters is 4. The van der Waals surface area contributed by atoms with E-state index in [-0.39, 0.29) is 28.4 Å². The number of rotatable bonds is 12. The van der Waals surface area contributed by atoms with Gasteiger partial charge in [-0.2, -0.15) is 0 Å². The van der Waals surface area contributed by atoms with Crippen LogP contribution < -0.4 is 19.5 Å². The zero-order valence-corrected chi connectivity index (χ0v) is 23.9. The van der Waals surface area contributed by atoms with Gasteiger partial charge in [0.1, 0.15) is 23.0 Å². The monoisotopic (exact) mass is 573 g/mol. The fraction of sp³-hybridized carbons (Fsp3) is 0.414. The van der Waals surface area contributed by atoms with Gasteiger partial charge < -0.3 is 33.7 Å². The van der Waals surface area contributed by atoms with Crippen LogP contribution in [0.2, 0.25) is 0 Å². The van der Waals surface area contributed by atoms with Crippen LogP contribution in [-0.2, 0) is 23.8 Å². The highest BCUT2D eigenvalue weighted by Gasteiger charge is 2.24. The standard InChI is InChI=1S/C29H35NO11/c1-7-8-15-36-23-14-13-20(16-24(23)40-25(32)18(2)30-28(35)41-29(4,5)6)26(33)37-17-38-27(34)21-11-9-10-12-22(21)39-19(3)31/h9-14,16,18H,7-8,15,17H2,1-6H3,(H,30,35). The third kappa shape index (κ3) is 11.2. The summed E-state index contributed by atoms with van der Waals surface area (Å²) in [6.45, 7) is 9.22. The number of ether oxygens (including phenoxy) is 6. The molecule has 0 spiro atoms. The molecule has 2 aromatic rings. The zero-order chi connectivity index (χ0) is 30.6. The molecule has 2 rings (SSSR count). The number of para-hydroxylation sites is 1. The van der Waals surface area contributed by atoms with Gasteiger partial charge in [-0.25, -0.2) is 19.2 Å². The number of nitrogens with one attached hydrogen (secondary N) is 1. The summed E-state index contributed by atoms with van der Waals surface area (Å²) in [5.74, 6) is -3.10. The van der Waals surface area contributed by atoms with Crippen molar-refractivity contribution in [1.82, 2.24) is 5.32 Å². The van der Waals surface area contributed by atoms with Crippen molar-refractivity contribution in [2.24, 2.45) is 0 Å². The number of carbonyl (C=O) groups is 5. The summed E-state index contributed by atoms with van der Waals surface area (Å²) < 4.78 is 31.3. The van der Waals surface area contributed by atoms with Crippen LogP contribution in [0.15, 0.2) is 42.5 Å². The molecule has 0 aromatic heterocycles. The molecule has 1 N–H and O–H groups in total. The van der Waals surface area contributed by atoms with Crippen LogP contribution in [0.25, 0.3) is 0 Å². The summed E-state index contributed by atoms with van der Waals surface area (Å²) in [6, 6.07) is 8.90. The molecule has 0 bridgehead atoms. The average Bonchev–Trinajstić information content (AvgIpc) is 2.88. The Morgan fingerprint density at radius 1 is 0.878 bits per heavy atom. The number of carbonyl (C=O) groups excluding carboxylic acids is 5. The van der Waals surface area contributed by atoms with Crippen molar-refractivity contribution in [3.05, 3.63) is 53.6 Å². The Labute approximate surface area is 238 Å². The van der Waals surface area contributed by atoms with E-state index in [1.807, 2.05) is 6.92 Å². The largest absolute Gasteiger partial charge is 0.490 e. The third-order valence-electron chi connectivity index (χ3n) is 4.97. The van der Waals surface area contributed by atoms with Crippen molar-refractivity contribution >= 4 is 30.0 Å². The van der Waals surface area contributed by atoms with Crippen LogP contribution >= 0.6 is 0 Å². The summed E-state index contributed by atoms with van der Waals surface area (Å²) in [5.41, 5.74) is -0.821. The summed E-state index contributed by atoms with van der Waals surface area (Å²) in [6.07, 6.45) is 0.795.